The van der Waals surface area contributed by atoms with Gasteiger partial charge in [-0.3, -0.25) is 10.6 Å². The Kier molecular flexibility index (Phi) is 4.05. The van der Waals surface area contributed by atoms with E-state index in [0.29, 0.717) is 23.6 Å². The largest absolute Gasteiger partial charge is 0.361 e. The first-order chi connectivity index (χ1) is 9.52. The normalized spacial score (nSPS) is 10.4. The zero-order chi connectivity index (χ0) is 14.7. The van der Waals surface area contributed by atoms with E-state index in [4.69, 9.17) is 10.4 Å². The van der Waals surface area contributed by atoms with Crippen LogP contribution in [0.1, 0.15) is 32.9 Å². The number of anilines is 1. The molecule has 0 bridgehead atoms. The number of amides is 1. The molecule has 0 aliphatic rings. The molecule has 1 aromatic carbocycles. The van der Waals surface area contributed by atoms with Crippen LogP contribution in [0.5, 0.6) is 0 Å². The van der Waals surface area contributed by atoms with Crippen LogP contribution in [0.2, 0.25) is 0 Å². The SMILES string of the molecule is Cc1ccc(C(=O)NCc2c(C)noc2C)c(NN)c1. The Bertz CT molecular complexity index is 615. The number of nitrogens with zero attached hydrogens (tertiary/aromatic N) is 1. The molecule has 0 radical (unpaired) electrons. The van der Waals surface area contributed by atoms with Gasteiger partial charge in [0.25, 0.3) is 5.91 Å². The van der Waals surface area contributed by atoms with Crippen molar-refractivity contribution in [3.8, 4) is 0 Å². The number of nitrogen functional groups attached to an aromatic ring is 1. The third-order valence-electron chi connectivity index (χ3n) is 3.18. The van der Waals surface area contributed by atoms with Crippen molar-refractivity contribution in [1.29, 1.82) is 0 Å². The van der Waals surface area contributed by atoms with Gasteiger partial charge >= 0.3 is 0 Å². The summed E-state index contributed by atoms with van der Waals surface area (Å²) in [5.74, 6) is 5.96. The molecule has 1 heterocycles. The fourth-order valence-electron chi connectivity index (χ4n) is 1.99. The lowest BCUT2D eigenvalue weighted by molar-refractivity contribution is 0.0951. The quantitative estimate of drug-likeness (QED) is 0.584. The third kappa shape index (κ3) is 2.80. The second-order valence-electron chi connectivity index (χ2n) is 4.68. The minimum absolute atomic E-state index is 0.196. The summed E-state index contributed by atoms with van der Waals surface area (Å²) in [6.45, 7) is 5.97. The van der Waals surface area contributed by atoms with Gasteiger partial charge in [-0.1, -0.05) is 11.2 Å². The lowest BCUT2D eigenvalue weighted by Gasteiger charge is -2.10. The van der Waals surface area contributed by atoms with E-state index in [2.05, 4.69) is 15.9 Å². The molecule has 2 rings (SSSR count). The first-order valence-corrected chi connectivity index (χ1v) is 6.30. The number of hydrogen-bond donors (Lipinski definition) is 3. The summed E-state index contributed by atoms with van der Waals surface area (Å²) in [5, 5.41) is 6.70. The van der Waals surface area contributed by atoms with E-state index in [1.165, 1.54) is 0 Å². The van der Waals surface area contributed by atoms with E-state index in [0.717, 1.165) is 16.8 Å². The predicted octanol–water partition coefficient (Wildman–Crippen LogP) is 1.82. The Labute approximate surface area is 117 Å². The second kappa shape index (κ2) is 5.75. The summed E-state index contributed by atoms with van der Waals surface area (Å²) < 4.78 is 5.06. The first kappa shape index (κ1) is 14.1. The highest BCUT2D eigenvalue weighted by Gasteiger charge is 2.14. The van der Waals surface area contributed by atoms with Crippen molar-refractivity contribution in [2.75, 3.05) is 5.43 Å². The number of benzene rings is 1. The molecule has 0 saturated carbocycles. The molecule has 1 amide bonds. The minimum Gasteiger partial charge on any atom is -0.361 e. The lowest BCUT2D eigenvalue weighted by atomic mass is 10.1. The summed E-state index contributed by atoms with van der Waals surface area (Å²) >= 11 is 0. The van der Waals surface area contributed by atoms with Gasteiger partial charge in [-0.2, -0.15) is 0 Å². The van der Waals surface area contributed by atoms with Gasteiger partial charge in [-0.25, -0.2) is 0 Å². The van der Waals surface area contributed by atoms with Crippen LogP contribution >= 0.6 is 0 Å². The summed E-state index contributed by atoms with van der Waals surface area (Å²) in [6.07, 6.45) is 0. The van der Waals surface area contributed by atoms with E-state index in [1.807, 2.05) is 32.9 Å². The average molecular weight is 274 g/mol. The molecular weight excluding hydrogens is 256 g/mol. The summed E-state index contributed by atoms with van der Waals surface area (Å²) in [6, 6.07) is 5.43. The Morgan fingerprint density at radius 2 is 2.10 bits per heavy atom. The maximum atomic E-state index is 12.2. The summed E-state index contributed by atoms with van der Waals surface area (Å²) in [5.41, 5.74) is 6.35. The molecule has 20 heavy (non-hydrogen) atoms. The number of rotatable bonds is 4. The van der Waals surface area contributed by atoms with Crippen molar-refractivity contribution >= 4 is 11.6 Å². The number of aromatic nitrogens is 1. The van der Waals surface area contributed by atoms with Crippen LogP contribution in [-0.4, -0.2) is 11.1 Å². The highest BCUT2D eigenvalue weighted by atomic mass is 16.5. The Morgan fingerprint density at radius 3 is 2.70 bits per heavy atom. The molecule has 0 saturated heterocycles. The molecule has 6 nitrogen and oxygen atoms in total. The van der Waals surface area contributed by atoms with Crippen LogP contribution in [0.3, 0.4) is 0 Å². The molecule has 0 aliphatic heterocycles. The fraction of sp³-hybridized carbons (Fsp3) is 0.286. The van der Waals surface area contributed by atoms with Crippen LogP contribution in [0, 0.1) is 20.8 Å². The van der Waals surface area contributed by atoms with E-state index >= 15 is 0 Å². The van der Waals surface area contributed by atoms with E-state index in [9.17, 15) is 4.79 Å². The number of aryl methyl sites for hydroxylation is 3. The number of nitrogens with one attached hydrogen (secondary N) is 2. The monoisotopic (exact) mass is 274 g/mol. The van der Waals surface area contributed by atoms with Crippen molar-refractivity contribution in [3.63, 3.8) is 0 Å². The Morgan fingerprint density at radius 1 is 1.35 bits per heavy atom. The Hall–Kier alpha value is -2.34. The van der Waals surface area contributed by atoms with Crippen molar-refractivity contribution in [3.05, 3.63) is 46.3 Å². The van der Waals surface area contributed by atoms with Crippen LogP contribution in [0.4, 0.5) is 5.69 Å². The number of hydrogen-bond acceptors (Lipinski definition) is 5. The van der Waals surface area contributed by atoms with Gasteiger partial charge in [0.1, 0.15) is 5.76 Å². The van der Waals surface area contributed by atoms with Crippen molar-refractivity contribution in [2.45, 2.75) is 27.3 Å². The maximum Gasteiger partial charge on any atom is 0.253 e. The van der Waals surface area contributed by atoms with Gasteiger partial charge < -0.3 is 15.3 Å². The number of hydrazine groups is 1. The first-order valence-electron chi connectivity index (χ1n) is 6.30. The van der Waals surface area contributed by atoms with Crippen LogP contribution in [0.25, 0.3) is 0 Å². The molecule has 0 fully saturated rings. The topological polar surface area (TPSA) is 93.2 Å². The van der Waals surface area contributed by atoms with Gasteiger partial charge in [-0.05, 0) is 38.5 Å². The standard InChI is InChI=1S/C14H18N4O2/c1-8-4-5-11(13(6-8)17-15)14(19)16-7-12-9(2)18-20-10(12)3/h4-6,17H,7,15H2,1-3H3,(H,16,19). The van der Waals surface area contributed by atoms with Crippen LogP contribution in [0.15, 0.2) is 22.7 Å². The highest BCUT2D eigenvalue weighted by Crippen LogP contribution is 2.17. The molecular formula is C14H18N4O2. The van der Waals surface area contributed by atoms with E-state index in [-0.39, 0.29) is 5.91 Å². The summed E-state index contributed by atoms with van der Waals surface area (Å²) in [4.78, 5) is 12.2. The van der Waals surface area contributed by atoms with E-state index in [1.54, 1.807) is 6.07 Å². The average Bonchev–Trinajstić information content (AvgIpc) is 2.75. The molecule has 106 valence electrons. The van der Waals surface area contributed by atoms with E-state index < -0.39 is 0 Å². The molecule has 0 aliphatic carbocycles. The smallest absolute Gasteiger partial charge is 0.253 e. The molecule has 4 N–H and O–H groups in total. The number of nitrogens with two attached hydrogens (primary N) is 1. The number of carbonyl (C=O) groups is 1. The van der Waals surface area contributed by atoms with Gasteiger partial charge in [0.15, 0.2) is 0 Å². The Balaban J connectivity index is 2.13. The molecule has 0 unspecified atom stereocenters. The minimum atomic E-state index is -0.196. The molecule has 0 spiro atoms. The zero-order valence-corrected chi connectivity index (χ0v) is 11.8. The van der Waals surface area contributed by atoms with Crippen LogP contribution in [-0.2, 0) is 6.54 Å². The van der Waals surface area contributed by atoms with Crippen molar-refractivity contribution in [1.82, 2.24) is 10.5 Å². The van der Waals surface area contributed by atoms with Crippen LogP contribution < -0.4 is 16.6 Å². The highest BCUT2D eigenvalue weighted by molar-refractivity contribution is 5.99. The van der Waals surface area contributed by atoms with Gasteiger partial charge in [-0.15, -0.1) is 0 Å². The van der Waals surface area contributed by atoms with Gasteiger partial charge in [0, 0.05) is 12.1 Å². The molecule has 1 aromatic heterocycles. The maximum absolute atomic E-state index is 12.2. The lowest BCUT2D eigenvalue weighted by Crippen LogP contribution is -2.25. The van der Waals surface area contributed by atoms with Crippen molar-refractivity contribution in [2.24, 2.45) is 5.84 Å². The summed E-state index contributed by atoms with van der Waals surface area (Å²) in [7, 11) is 0. The third-order valence-corrected chi connectivity index (χ3v) is 3.18. The number of carbonyl (C=O) groups excluding carboxylic acids is 1. The van der Waals surface area contributed by atoms with Gasteiger partial charge in [0.2, 0.25) is 0 Å². The molecule has 2 aromatic rings. The molecule has 6 heteroatoms. The van der Waals surface area contributed by atoms with Crippen molar-refractivity contribution < 1.29 is 9.32 Å². The second-order valence-corrected chi connectivity index (χ2v) is 4.68. The van der Waals surface area contributed by atoms with Gasteiger partial charge in [0.05, 0.1) is 16.9 Å². The zero-order valence-electron chi connectivity index (χ0n) is 11.8. The predicted molar refractivity (Wildman–Crippen MR) is 76.1 cm³/mol. The fourth-order valence-corrected chi connectivity index (χ4v) is 1.99. The molecule has 0 atom stereocenters.